The predicted octanol–water partition coefficient (Wildman–Crippen LogP) is 0.622. The van der Waals surface area contributed by atoms with Gasteiger partial charge in [0.1, 0.15) is 0 Å². The van der Waals surface area contributed by atoms with E-state index >= 15 is 0 Å². The van der Waals surface area contributed by atoms with Gasteiger partial charge in [0.15, 0.2) is 0 Å². The molecule has 0 saturated carbocycles. The van der Waals surface area contributed by atoms with Crippen LogP contribution >= 0.6 is 0 Å². The largest absolute Gasteiger partial charge is 0.315 e. The van der Waals surface area contributed by atoms with Crippen LogP contribution in [-0.2, 0) is 0 Å². The van der Waals surface area contributed by atoms with Crippen LogP contribution in [0, 0.1) is 5.92 Å². The van der Waals surface area contributed by atoms with Crippen LogP contribution in [0.1, 0.15) is 19.3 Å². The van der Waals surface area contributed by atoms with Crippen LogP contribution in [0.5, 0.6) is 0 Å². The van der Waals surface area contributed by atoms with Crippen LogP contribution in [0.4, 0.5) is 0 Å². The van der Waals surface area contributed by atoms with Gasteiger partial charge >= 0.3 is 0 Å². The van der Waals surface area contributed by atoms with Crippen LogP contribution in [0.2, 0.25) is 0 Å². The zero-order chi connectivity index (χ0) is 10.7. The second-order valence-corrected chi connectivity index (χ2v) is 5.33. The van der Waals surface area contributed by atoms with Crippen molar-refractivity contribution >= 4 is 0 Å². The summed E-state index contributed by atoms with van der Waals surface area (Å²) in [6, 6.07) is 0.795. The summed E-state index contributed by atoms with van der Waals surface area (Å²) in [7, 11) is 4.39. The number of piperidine rings is 1. The van der Waals surface area contributed by atoms with Gasteiger partial charge in [-0.3, -0.25) is 4.90 Å². The van der Waals surface area contributed by atoms with Crippen LogP contribution in [-0.4, -0.2) is 62.7 Å². The quantitative estimate of drug-likeness (QED) is 0.738. The van der Waals surface area contributed by atoms with E-state index in [-0.39, 0.29) is 0 Å². The second kappa shape index (κ2) is 5.28. The van der Waals surface area contributed by atoms with Crippen molar-refractivity contribution in [1.82, 2.24) is 15.1 Å². The van der Waals surface area contributed by atoms with Crippen molar-refractivity contribution in [1.29, 1.82) is 0 Å². The maximum absolute atomic E-state index is 3.55. The first-order chi connectivity index (χ1) is 7.27. The molecular formula is C12H25N3. The molecule has 2 atom stereocenters. The fourth-order valence-corrected chi connectivity index (χ4v) is 3.08. The lowest BCUT2D eigenvalue weighted by Gasteiger charge is -2.39. The predicted molar refractivity (Wildman–Crippen MR) is 64.1 cm³/mol. The highest BCUT2D eigenvalue weighted by atomic mass is 15.2. The Morgan fingerprint density at radius 1 is 1.27 bits per heavy atom. The third-order valence-corrected chi connectivity index (χ3v) is 3.80. The van der Waals surface area contributed by atoms with E-state index < -0.39 is 0 Å². The lowest BCUT2D eigenvalue weighted by atomic mass is 9.91. The van der Waals surface area contributed by atoms with E-state index in [1.807, 2.05) is 0 Å². The molecule has 2 heterocycles. The van der Waals surface area contributed by atoms with Crippen LogP contribution in [0.3, 0.4) is 0 Å². The monoisotopic (exact) mass is 211 g/mol. The van der Waals surface area contributed by atoms with Crippen molar-refractivity contribution in [3.8, 4) is 0 Å². The van der Waals surface area contributed by atoms with Gasteiger partial charge in [-0.1, -0.05) is 0 Å². The van der Waals surface area contributed by atoms with Gasteiger partial charge in [0, 0.05) is 19.1 Å². The molecule has 2 rings (SSSR count). The summed E-state index contributed by atoms with van der Waals surface area (Å²) in [6.45, 7) is 6.33. The van der Waals surface area contributed by atoms with E-state index in [4.69, 9.17) is 0 Å². The molecule has 2 unspecified atom stereocenters. The summed E-state index contributed by atoms with van der Waals surface area (Å²) >= 11 is 0. The molecule has 3 heteroatoms. The number of nitrogens with one attached hydrogen (secondary N) is 1. The normalized spacial score (nSPS) is 33.8. The number of rotatable bonds is 3. The molecule has 88 valence electrons. The Balaban J connectivity index is 1.92. The van der Waals surface area contributed by atoms with E-state index in [0.29, 0.717) is 0 Å². The molecule has 15 heavy (non-hydrogen) atoms. The zero-order valence-electron chi connectivity index (χ0n) is 10.2. The molecule has 1 N–H and O–H groups in total. The van der Waals surface area contributed by atoms with Gasteiger partial charge in [0.25, 0.3) is 0 Å². The Labute approximate surface area is 93.8 Å². The Hall–Kier alpha value is -0.120. The minimum atomic E-state index is 0.795. The summed E-state index contributed by atoms with van der Waals surface area (Å²) < 4.78 is 0. The van der Waals surface area contributed by atoms with E-state index in [1.54, 1.807) is 0 Å². The number of hydrogen-bond acceptors (Lipinski definition) is 3. The molecule has 0 aromatic rings. The molecule has 0 amide bonds. The lowest BCUT2D eigenvalue weighted by Crippen LogP contribution is -2.52. The number of hydrogen-bond donors (Lipinski definition) is 1. The van der Waals surface area contributed by atoms with E-state index in [9.17, 15) is 0 Å². The molecule has 3 nitrogen and oxygen atoms in total. The third kappa shape index (κ3) is 2.92. The van der Waals surface area contributed by atoms with Crippen molar-refractivity contribution in [2.24, 2.45) is 5.92 Å². The van der Waals surface area contributed by atoms with Gasteiger partial charge in [-0.05, 0) is 58.9 Å². The topological polar surface area (TPSA) is 18.5 Å². The first kappa shape index (κ1) is 11.4. The van der Waals surface area contributed by atoms with Gasteiger partial charge in [-0.2, -0.15) is 0 Å². The molecule has 2 aliphatic heterocycles. The standard InChI is InChI=1S/C12H25N3/c1-14(2)10-11-5-6-13-9-12(11)15-7-3-4-8-15/h11-13H,3-10H2,1-2H3. The van der Waals surface area contributed by atoms with Crippen molar-refractivity contribution in [2.45, 2.75) is 25.3 Å². The fourth-order valence-electron chi connectivity index (χ4n) is 3.08. The molecule has 0 aromatic carbocycles. The van der Waals surface area contributed by atoms with Crippen molar-refractivity contribution in [3.63, 3.8) is 0 Å². The van der Waals surface area contributed by atoms with Crippen LogP contribution in [0.25, 0.3) is 0 Å². The van der Waals surface area contributed by atoms with Gasteiger partial charge < -0.3 is 10.2 Å². The Morgan fingerprint density at radius 3 is 2.67 bits per heavy atom. The highest BCUT2D eigenvalue weighted by Crippen LogP contribution is 2.22. The van der Waals surface area contributed by atoms with Gasteiger partial charge in [-0.25, -0.2) is 0 Å². The lowest BCUT2D eigenvalue weighted by molar-refractivity contribution is 0.118. The smallest absolute Gasteiger partial charge is 0.0261 e. The van der Waals surface area contributed by atoms with Gasteiger partial charge in [-0.15, -0.1) is 0 Å². The molecule has 0 bridgehead atoms. The summed E-state index contributed by atoms with van der Waals surface area (Å²) in [4.78, 5) is 5.05. The molecule has 0 spiro atoms. The molecule has 0 aliphatic carbocycles. The average molecular weight is 211 g/mol. The summed E-state index contributed by atoms with van der Waals surface area (Å²) in [5.74, 6) is 0.874. The minimum Gasteiger partial charge on any atom is -0.315 e. The van der Waals surface area contributed by atoms with Crippen LogP contribution < -0.4 is 5.32 Å². The van der Waals surface area contributed by atoms with E-state index in [1.165, 1.54) is 52.0 Å². The fraction of sp³-hybridized carbons (Fsp3) is 1.00. The highest BCUT2D eigenvalue weighted by Gasteiger charge is 2.31. The van der Waals surface area contributed by atoms with Crippen molar-refractivity contribution in [2.75, 3.05) is 46.8 Å². The number of likely N-dealkylation sites (tertiary alicyclic amines) is 1. The molecule has 2 aliphatic rings. The third-order valence-electron chi connectivity index (χ3n) is 3.80. The van der Waals surface area contributed by atoms with Crippen molar-refractivity contribution < 1.29 is 0 Å². The molecule has 2 saturated heterocycles. The van der Waals surface area contributed by atoms with Crippen LogP contribution in [0.15, 0.2) is 0 Å². The highest BCUT2D eigenvalue weighted by molar-refractivity contribution is 4.88. The maximum Gasteiger partial charge on any atom is 0.0261 e. The summed E-state index contributed by atoms with van der Waals surface area (Å²) in [5, 5.41) is 3.55. The number of nitrogens with zero attached hydrogens (tertiary/aromatic N) is 2. The minimum absolute atomic E-state index is 0.795. The van der Waals surface area contributed by atoms with Gasteiger partial charge in [0.05, 0.1) is 0 Å². The first-order valence-electron chi connectivity index (χ1n) is 6.37. The average Bonchev–Trinajstić information content (AvgIpc) is 2.70. The second-order valence-electron chi connectivity index (χ2n) is 5.33. The molecule has 0 aromatic heterocycles. The summed E-state index contributed by atoms with van der Waals surface area (Å²) in [5.41, 5.74) is 0. The van der Waals surface area contributed by atoms with Gasteiger partial charge in [0.2, 0.25) is 0 Å². The zero-order valence-corrected chi connectivity index (χ0v) is 10.2. The SMILES string of the molecule is CN(C)CC1CCNCC1N1CCCC1. The van der Waals surface area contributed by atoms with E-state index in [2.05, 4.69) is 29.2 Å². The Morgan fingerprint density at radius 2 is 2.00 bits per heavy atom. The molecule has 0 radical (unpaired) electrons. The maximum atomic E-state index is 3.55. The Kier molecular flexibility index (Phi) is 4.00. The van der Waals surface area contributed by atoms with Crippen molar-refractivity contribution in [3.05, 3.63) is 0 Å². The molecular weight excluding hydrogens is 186 g/mol. The summed E-state index contributed by atoms with van der Waals surface area (Å²) in [6.07, 6.45) is 4.16. The van der Waals surface area contributed by atoms with E-state index in [0.717, 1.165) is 12.0 Å². The molecule has 2 fully saturated rings. The Bertz CT molecular complexity index is 187. The first-order valence-corrected chi connectivity index (χ1v) is 6.37.